The Morgan fingerprint density at radius 1 is 1.25 bits per heavy atom. The fourth-order valence-electron chi connectivity index (χ4n) is 6.50. The molecule has 5 heteroatoms. The number of aliphatic imine (C=N–C) groups is 1. The van der Waals surface area contributed by atoms with Crippen molar-refractivity contribution in [2.75, 3.05) is 20.3 Å². The summed E-state index contributed by atoms with van der Waals surface area (Å²) < 4.78 is 11.5. The van der Waals surface area contributed by atoms with Gasteiger partial charge in [0.25, 0.3) is 5.91 Å². The first-order valence-electron chi connectivity index (χ1n) is 12.7. The fourth-order valence-corrected chi connectivity index (χ4v) is 6.50. The molecule has 5 rings (SSSR count). The highest BCUT2D eigenvalue weighted by Gasteiger charge is 2.67. The second-order valence-corrected chi connectivity index (χ2v) is 10.4. The second kappa shape index (κ2) is 8.25. The molecule has 2 aliphatic carbocycles. The Morgan fingerprint density at radius 3 is 2.59 bits per heavy atom. The van der Waals surface area contributed by atoms with Crippen LogP contribution in [0, 0.1) is 11.3 Å². The lowest BCUT2D eigenvalue weighted by molar-refractivity contribution is -0.141. The minimum atomic E-state index is -0.783. The molecule has 2 spiro atoms. The standard InChI is InChI=1S/C27H38N2O3/c1-5-18(3)24-28-27(25(30)29(24)17-22-11-14-32-22)23-15-19(6-2)7-8-20(23)16-26(27)12-9-21(31-4)10-13-26/h7-8,15,18,21-22H,5-6,9-14,16-17H2,1-4H3. The molecule has 0 aromatic heterocycles. The Hall–Kier alpha value is -1.72. The lowest BCUT2D eigenvalue weighted by Crippen LogP contribution is -2.54. The molecular formula is C27H38N2O3. The maximum Gasteiger partial charge on any atom is 0.261 e. The number of nitrogens with zero attached hydrogens (tertiary/aromatic N) is 2. The average Bonchev–Trinajstić information content (AvgIpc) is 3.23. The molecule has 1 amide bonds. The molecule has 1 saturated heterocycles. The van der Waals surface area contributed by atoms with E-state index in [1.165, 1.54) is 16.7 Å². The molecule has 0 N–H and O–H groups in total. The maximum atomic E-state index is 14.5. The Labute approximate surface area is 192 Å². The van der Waals surface area contributed by atoms with Crippen molar-refractivity contribution in [3.63, 3.8) is 0 Å². The summed E-state index contributed by atoms with van der Waals surface area (Å²) in [6.45, 7) is 8.04. The third-order valence-electron chi connectivity index (χ3n) is 8.84. The molecule has 3 unspecified atom stereocenters. The number of rotatable bonds is 6. The molecule has 2 fully saturated rings. The normalized spacial score (nSPS) is 34.7. The van der Waals surface area contributed by atoms with Gasteiger partial charge in [0, 0.05) is 25.0 Å². The van der Waals surface area contributed by atoms with Gasteiger partial charge in [-0.2, -0.15) is 0 Å². The second-order valence-electron chi connectivity index (χ2n) is 10.4. The summed E-state index contributed by atoms with van der Waals surface area (Å²) in [6, 6.07) is 6.81. The van der Waals surface area contributed by atoms with Gasteiger partial charge in [0.05, 0.1) is 18.8 Å². The first kappa shape index (κ1) is 22.1. The van der Waals surface area contributed by atoms with Crippen LogP contribution in [-0.4, -0.2) is 49.1 Å². The van der Waals surface area contributed by atoms with Crippen molar-refractivity contribution < 1.29 is 14.3 Å². The van der Waals surface area contributed by atoms with E-state index in [2.05, 4.69) is 39.0 Å². The largest absolute Gasteiger partial charge is 0.381 e. The van der Waals surface area contributed by atoms with Crippen molar-refractivity contribution in [2.45, 2.75) is 89.9 Å². The Balaban J connectivity index is 1.65. The van der Waals surface area contributed by atoms with Gasteiger partial charge in [-0.1, -0.05) is 39.0 Å². The van der Waals surface area contributed by atoms with E-state index in [9.17, 15) is 4.79 Å². The topological polar surface area (TPSA) is 51.1 Å². The lowest BCUT2D eigenvalue weighted by atomic mass is 9.61. The van der Waals surface area contributed by atoms with Crippen molar-refractivity contribution >= 4 is 11.7 Å². The SMILES string of the molecule is CCc1ccc2c(c1)C1(N=C(C(C)CC)N(CC3CCO3)C1=O)C1(CCC(OC)CC1)C2. The zero-order valence-electron chi connectivity index (χ0n) is 20.2. The number of hydrogen-bond acceptors (Lipinski definition) is 4. The third kappa shape index (κ3) is 3.11. The number of benzene rings is 1. The van der Waals surface area contributed by atoms with Gasteiger partial charge < -0.3 is 9.47 Å². The molecule has 1 aromatic rings. The Morgan fingerprint density at radius 2 is 2.00 bits per heavy atom. The van der Waals surface area contributed by atoms with Crippen molar-refractivity contribution in [1.29, 1.82) is 0 Å². The molecule has 2 heterocycles. The summed E-state index contributed by atoms with van der Waals surface area (Å²) in [5, 5.41) is 0. The number of carbonyl (C=O) groups excluding carboxylic acids is 1. The molecule has 4 aliphatic rings. The minimum Gasteiger partial charge on any atom is -0.381 e. The summed E-state index contributed by atoms with van der Waals surface area (Å²) in [7, 11) is 1.82. The van der Waals surface area contributed by atoms with Crippen LogP contribution in [0.4, 0.5) is 0 Å². The molecule has 1 saturated carbocycles. The predicted molar refractivity (Wildman–Crippen MR) is 126 cm³/mol. The van der Waals surface area contributed by atoms with Crippen molar-refractivity contribution in [3.8, 4) is 0 Å². The number of amidine groups is 1. The highest BCUT2D eigenvalue weighted by Crippen LogP contribution is 2.62. The first-order chi connectivity index (χ1) is 15.5. The van der Waals surface area contributed by atoms with Crippen LogP contribution in [0.5, 0.6) is 0 Å². The van der Waals surface area contributed by atoms with Gasteiger partial charge in [0.1, 0.15) is 5.84 Å². The summed E-state index contributed by atoms with van der Waals surface area (Å²) in [5.41, 5.74) is 2.85. The quantitative estimate of drug-likeness (QED) is 0.650. The van der Waals surface area contributed by atoms with Gasteiger partial charge in [-0.15, -0.1) is 0 Å². The monoisotopic (exact) mass is 438 g/mol. The Kier molecular flexibility index (Phi) is 5.69. The molecule has 32 heavy (non-hydrogen) atoms. The lowest BCUT2D eigenvalue weighted by Gasteiger charge is -2.45. The number of aryl methyl sites for hydroxylation is 1. The van der Waals surface area contributed by atoms with Crippen molar-refractivity contribution in [2.24, 2.45) is 16.3 Å². The van der Waals surface area contributed by atoms with Crippen LogP contribution in [-0.2, 0) is 32.6 Å². The number of amides is 1. The van der Waals surface area contributed by atoms with Gasteiger partial charge in [-0.25, -0.2) is 4.99 Å². The number of carbonyl (C=O) groups is 1. The highest BCUT2D eigenvalue weighted by molar-refractivity contribution is 6.10. The molecular weight excluding hydrogens is 400 g/mol. The maximum absolute atomic E-state index is 14.5. The fraction of sp³-hybridized carbons (Fsp3) is 0.704. The van der Waals surface area contributed by atoms with E-state index in [1.807, 2.05) is 12.0 Å². The predicted octanol–water partition coefficient (Wildman–Crippen LogP) is 4.65. The summed E-state index contributed by atoms with van der Waals surface area (Å²) in [4.78, 5) is 22.1. The smallest absolute Gasteiger partial charge is 0.261 e. The van der Waals surface area contributed by atoms with E-state index in [0.29, 0.717) is 12.6 Å². The Bertz CT molecular complexity index is 913. The van der Waals surface area contributed by atoms with Crippen LogP contribution in [0.25, 0.3) is 0 Å². The van der Waals surface area contributed by atoms with Crippen LogP contribution >= 0.6 is 0 Å². The zero-order chi connectivity index (χ0) is 22.5. The number of hydrogen-bond donors (Lipinski definition) is 0. The van der Waals surface area contributed by atoms with E-state index < -0.39 is 5.54 Å². The van der Waals surface area contributed by atoms with E-state index in [4.69, 9.17) is 14.5 Å². The van der Waals surface area contributed by atoms with Gasteiger partial charge >= 0.3 is 0 Å². The summed E-state index contributed by atoms with van der Waals surface area (Å²) in [6.07, 6.45) is 8.33. The zero-order valence-corrected chi connectivity index (χ0v) is 20.2. The van der Waals surface area contributed by atoms with E-state index in [1.54, 1.807) is 0 Å². The minimum absolute atomic E-state index is 0.145. The van der Waals surface area contributed by atoms with Gasteiger partial charge in [-0.05, 0) is 68.1 Å². The number of ether oxygens (including phenoxy) is 2. The van der Waals surface area contributed by atoms with Gasteiger partial charge in [-0.3, -0.25) is 9.69 Å². The van der Waals surface area contributed by atoms with E-state index in [0.717, 1.165) is 63.8 Å². The summed E-state index contributed by atoms with van der Waals surface area (Å²) >= 11 is 0. The highest BCUT2D eigenvalue weighted by atomic mass is 16.5. The molecule has 1 aromatic carbocycles. The van der Waals surface area contributed by atoms with Crippen LogP contribution < -0.4 is 0 Å². The molecule has 5 nitrogen and oxygen atoms in total. The van der Waals surface area contributed by atoms with Crippen LogP contribution in [0.3, 0.4) is 0 Å². The number of methoxy groups -OCH3 is 1. The molecule has 174 valence electrons. The van der Waals surface area contributed by atoms with Gasteiger partial charge in [0.15, 0.2) is 5.54 Å². The van der Waals surface area contributed by atoms with Crippen molar-refractivity contribution in [3.05, 3.63) is 34.9 Å². The molecule has 0 radical (unpaired) electrons. The molecule has 2 aliphatic heterocycles. The third-order valence-corrected chi connectivity index (χ3v) is 8.84. The number of fused-ring (bicyclic) bond motifs is 3. The average molecular weight is 439 g/mol. The molecule has 3 atom stereocenters. The van der Waals surface area contributed by atoms with Crippen molar-refractivity contribution in [1.82, 2.24) is 4.90 Å². The van der Waals surface area contributed by atoms with Gasteiger partial charge in [0.2, 0.25) is 0 Å². The first-order valence-corrected chi connectivity index (χ1v) is 12.7. The van der Waals surface area contributed by atoms with Crippen LogP contribution in [0.2, 0.25) is 0 Å². The van der Waals surface area contributed by atoms with Crippen LogP contribution in [0.15, 0.2) is 23.2 Å². The summed E-state index contributed by atoms with van der Waals surface area (Å²) in [5.74, 6) is 1.44. The van der Waals surface area contributed by atoms with Crippen LogP contribution in [0.1, 0.15) is 76.0 Å². The van der Waals surface area contributed by atoms with E-state index >= 15 is 0 Å². The molecule has 0 bridgehead atoms. The van der Waals surface area contributed by atoms with E-state index in [-0.39, 0.29) is 23.3 Å².